The lowest BCUT2D eigenvalue weighted by Crippen LogP contribution is -2.29. The third kappa shape index (κ3) is 4.18. The smallest absolute Gasteiger partial charge is 0.310 e. The predicted molar refractivity (Wildman–Crippen MR) is 112 cm³/mol. The van der Waals surface area contributed by atoms with E-state index in [0.29, 0.717) is 48.1 Å². The predicted octanol–water partition coefficient (Wildman–Crippen LogP) is 1.68. The zero-order chi connectivity index (χ0) is 21.3. The number of nitrogen functional groups attached to an aromatic ring is 1. The molecule has 9 nitrogen and oxygen atoms in total. The first-order valence-electron chi connectivity index (χ1n) is 9.99. The fourth-order valence-corrected chi connectivity index (χ4v) is 5.05. The van der Waals surface area contributed by atoms with Gasteiger partial charge in [0, 0.05) is 24.5 Å². The molecule has 1 fully saturated rings. The number of nitrogens with zero attached hydrogens (tertiary/aromatic N) is 3. The third-order valence-corrected chi connectivity index (χ3v) is 6.87. The van der Waals surface area contributed by atoms with Gasteiger partial charge in [0.1, 0.15) is 5.82 Å². The Labute approximate surface area is 178 Å². The highest BCUT2D eigenvalue weighted by atomic mass is 32.1. The second-order valence-electron chi connectivity index (χ2n) is 7.75. The molecule has 0 saturated carbocycles. The van der Waals surface area contributed by atoms with E-state index in [2.05, 4.69) is 15.3 Å². The molecule has 0 aliphatic carbocycles. The number of carbonyl (C=O) groups excluding carboxylic acids is 2. The van der Waals surface area contributed by atoms with Crippen LogP contribution in [0.3, 0.4) is 0 Å². The summed E-state index contributed by atoms with van der Waals surface area (Å²) in [5.41, 5.74) is 6.28. The molecule has 2 aliphatic rings. The first kappa shape index (κ1) is 20.4. The second kappa shape index (κ2) is 8.47. The van der Waals surface area contributed by atoms with Crippen LogP contribution >= 0.6 is 11.3 Å². The third-order valence-electron chi connectivity index (χ3n) is 5.73. The van der Waals surface area contributed by atoms with E-state index in [-0.39, 0.29) is 29.6 Å². The number of methoxy groups -OCH3 is 1. The van der Waals surface area contributed by atoms with Gasteiger partial charge in [-0.2, -0.15) is 9.97 Å². The highest BCUT2D eigenvalue weighted by molar-refractivity contribution is 7.14. The van der Waals surface area contributed by atoms with Gasteiger partial charge >= 0.3 is 5.97 Å². The van der Waals surface area contributed by atoms with Crippen molar-refractivity contribution >= 4 is 35.0 Å². The van der Waals surface area contributed by atoms with Gasteiger partial charge in [-0.3, -0.25) is 9.59 Å². The topological polar surface area (TPSA) is 131 Å². The summed E-state index contributed by atoms with van der Waals surface area (Å²) in [7, 11) is 1.38. The van der Waals surface area contributed by atoms with Gasteiger partial charge < -0.3 is 25.8 Å². The van der Waals surface area contributed by atoms with Gasteiger partial charge in [-0.05, 0) is 43.7 Å². The van der Waals surface area contributed by atoms with Crippen LogP contribution < -0.4 is 11.1 Å². The molecular formula is C20H25N5O4S. The van der Waals surface area contributed by atoms with Crippen molar-refractivity contribution < 1.29 is 19.4 Å². The molecule has 2 unspecified atom stereocenters. The van der Waals surface area contributed by atoms with Gasteiger partial charge in [0.2, 0.25) is 11.8 Å². The fourth-order valence-electron chi connectivity index (χ4n) is 4.06. The lowest BCUT2D eigenvalue weighted by molar-refractivity contribution is -0.144. The van der Waals surface area contributed by atoms with Crippen molar-refractivity contribution in [3.05, 3.63) is 27.5 Å². The molecular weight excluding hydrogens is 406 g/mol. The van der Waals surface area contributed by atoms with Crippen LogP contribution in [-0.4, -0.2) is 58.6 Å². The highest BCUT2D eigenvalue weighted by Crippen LogP contribution is 2.32. The number of hydrogen-bond donors (Lipinski definition) is 3. The molecule has 1 saturated heterocycles. The number of rotatable bonds is 5. The van der Waals surface area contributed by atoms with E-state index in [1.807, 2.05) is 12.1 Å². The number of ether oxygens (including phenoxy) is 1. The number of aromatic hydroxyl groups is 1. The Kier molecular flexibility index (Phi) is 5.76. The molecule has 4 heterocycles. The van der Waals surface area contributed by atoms with Gasteiger partial charge in [0.05, 0.1) is 23.5 Å². The summed E-state index contributed by atoms with van der Waals surface area (Å²) in [5, 5.41) is 13.3. The standard InChI is InChI=1S/C20H25N5O4S/c1-29-19(28)12-6-7-25(10-12)18(27)15-5-4-13(30-15)3-2-11-8-14-16(22-9-11)23-20(21)24-17(14)26/h4-5,11-12H,2-3,6-10H2,1H3,(H4,21,22,23,24,26). The normalized spacial score (nSPS) is 20.5. The summed E-state index contributed by atoms with van der Waals surface area (Å²) in [5.74, 6) is 0.436. The minimum absolute atomic E-state index is 0.0226. The Morgan fingerprint density at radius 1 is 1.40 bits per heavy atom. The molecule has 0 radical (unpaired) electrons. The van der Waals surface area contributed by atoms with Crippen molar-refractivity contribution in [2.45, 2.75) is 25.7 Å². The molecule has 2 aliphatic heterocycles. The van der Waals surface area contributed by atoms with Crippen LogP contribution in [0.15, 0.2) is 12.1 Å². The van der Waals surface area contributed by atoms with Gasteiger partial charge in [-0.1, -0.05) is 0 Å². The number of anilines is 2. The molecule has 4 N–H and O–H groups in total. The Bertz CT molecular complexity index is 963. The number of aryl methyl sites for hydroxylation is 1. The van der Waals surface area contributed by atoms with E-state index in [1.54, 1.807) is 4.90 Å². The summed E-state index contributed by atoms with van der Waals surface area (Å²) < 4.78 is 4.79. The van der Waals surface area contributed by atoms with Crippen LogP contribution in [-0.2, 0) is 22.4 Å². The van der Waals surface area contributed by atoms with Gasteiger partial charge in [0.15, 0.2) is 0 Å². The molecule has 2 atom stereocenters. The highest BCUT2D eigenvalue weighted by Gasteiger charge is 2.32. The van der Waals surface area contributed by atoms with E-state index in [4.69, 9.17) is 10.5 Å². The van der Waals surface area contributed by atoms with Crippen molar-refractivity contribution in [3.8, 4) is 5.88 Å². The molecule has 0 bridgehead atoms. The number of nitrogens with one attached hydrogen (secondary N) is 1. The van der Waals surface area contributed by atoms with Crippen LogP contribution in [0.5, 0.6) is 5.88 Å². The van der Waals surface area contributed by atoms with E-state index in [9.17, 15) is 14.7 Å². The second-order valence-corrected chi connectivity index (χ2v) is 8.92. The average Bonchev–Trinajstić information content (AvgIpc) is 3.41. The van der Waals surface area contributed by atoms with Crippen LogP contribution in [0.4, 0.5) is 11.8 Å². The molecule has 0 aromatic carbocycles. The zero-order valence-corrected chi connectivity index (χ0v) is 17.6. The Morgan fingerprint density at radius 3 is 3.03 bits per heavy atom. The minimum atomic E-state index is -0.251. The van der Waals surface area contributed by atoms with Gasteiger partial charge in [-0.15, -0.1) is 11.3 Å². The van der Waals surface area contributed by atoms with Crippen molar-refractivity contribution in [2.24, 2.45) is 11.8 Å². The summed E-state index contributed by atoms with van der Waals surface area (Å²) >= 11 is 1.50. The van der Waals surface area contributed by atoms with Crippen LogP contribution in [0.2, 0.25) is 0 Å². The Hall–Kier alpha value is -2.88. The quantitative estimate of drug-likeness (QED) is 0.610. The molecule has 1 amide bonds. The van der Waals surface area contributed by atoms with Crippen molar-refractivity contribution in [2.75, 3.05) is 37.8 Å². The zero-order valence-electron chi connectivity index (χ0n) is 16.8. The number of esters is 1. The van der Waals surface area contributed by atoms with E-state index >= 15 is 0 Å². The van der Waals surface area contributed by atoms with E-state index in [0.717, 1.165) is 24.3 Å². The van der Waals surface area contributed by atoms with Crippen LogP contribution in [0.25, 0.3) is 0 Å². The van der Waals surface area contributed by atoms with Crippen molar-refractivity contribution in [3.63, 3.8) is 0 Å². The molecule has 10 heteroatoms. The Morgan fingerprint density at radius 2 is 2.23 bits per heavy atom. The van der Waals surface area contributed by atoms with Gasteiger partial charge in [-0.25, -0.2) is 0 Å². The number of carbonyl (C=O) groups is 2. The molecule has 4 rings (SSSR count). The summed E-state index contributed by atoms with van der Waals surface area (Å²) in [6.45, 7) is 1.75. The molecule has 2 aromatic rings. The number of hydrogen-bond acceptors (Lipinski definition) is 9. The summed E-state index contributed by atoms with van der Waals surface area (Å²) in [6.07, 6.45) is 3.10. The number of thiophene rings is 1. The Balaban J connectivity index is 1.32. The maximum atomic E-state index is 12.7. The lowest BCUT2D eigenvalue weighted by Gasteiger charge is -2.25. The number of nitrogens with two attached hydrogens (primary N) is 1. The maximum Gasteiger partial charge on any atom is 0.310 e. The van der Waals surface area contributed by atoms with E-state index < -0.39 is 0 Å². The molecule has 2 aromatic heterocycles. The monoisotopic (exact) mass is 431 g/mol. The van der Waals surface area contributed by atoms with Crippen LogP contribution in [0, 0.1) is 11.8 Å². The average molecular weight is 432 g/mol. The molecule has 30 heavy (non-hydrogen) atoms. The van der Waals surface area contributed by atoms with Crippen LogP contribution in [0.1, 0.15) is 33.0 Å². The number of aromatic nitrogens is 2. The first-order valence-corrected chi connectivity index (χ1v) is 10.8. The largest absolute Gasteiger partial charge is 0.493 e. The first-order chi connectivity index (χ1) is 14.4. The summed E-state index contributed by atoms with van der Waals surface area (Å²) in [6, 6.07) is 3.86. The minimum Gasteiger partial charge on any atom is -0.493 e. The van der Waals surface area contributed by atoms with Crippen molar-refractivity contribution in [1.29, 1.82) is 0 Å². The summed E-state index contributed by atoms with van der Waals surface area (Å²) in [4.78, 5) is 36.0. The lowest BCUT2D eigenvalue weighted by atomic mass is 9.92. The maximum absolute atomic E-state index is 12.7. The number of fused-ring (bicyclic) bond motifs is 1. The fraction of sp³-hybridized carbons (Fsp3) is 0.500. The number of amides is 1. The SMILES string of the molecule is COC(=O)C1CCN(C(=O)c2ccc(CCC3CNc4nc(N)nc(O)c4C3)s2)C1. The molecule has 160 valence electrons. The molecule has 0 spiro atoms. The van der Waals surface area contributed by atoms with E-state index in [1.165, 1.54) is 18.4 Å². The number of likely N-dealkylation sites (tertiary alicyclic amines) is 1. The van der Waals surface area contributed by atoms with Gasteiger partial charge in [0.25, 0.3) is 5.91 Å². The van der Waals surface area contributed by atoms with Crippen molar-refractivity contribution in [1.82, 2.24) is 14.9 Å².